The van der Waals surface area contributed by atoms with E-state index in [4.69, 9.17) is 10.8 Å². The normalized spacial score (nSPS) is 10.7. The van der Waals surface area contributed by atoms with Crippen LogP contribution in [0.25, 0.3) is 33.4 Å². The van der Waals surface area contributed by atoms with Crippen molar-refractivity contribution in [1.82, 2.24) is 10.6 Å². The van der Waals surface area contributed by atoms with Crippen molar-refractivity contribution in [3.63, 3.8) is 0 Å². The highest BCUT2D eigenvalue weighted by molar-refractivity contribution is 6.10. The minimum Gasteiger partial charge on any atom is -0.508 e. The van der Waals surface area contributed by atoms with Crippen LogP contribution in [0.4, 0.5) is 0 Å². The number of carboxylic acids is 1. The van der Waals surface area contributed by atoms with Crippen molar-refractivity contribution in [1.29, 1.82) is 0 Å². The van der Waals surface area contributed by atoms with E-state index in [1.54, 1.807) is 18.2 Å². The van der Waals surface area contributed by atoms with Gasteiger partial charge in [0.05, 0.1) is 12.1 Å². The summed E-state index contributed by atoms with van der Waals surface area (Å²) in [7, 11) is 0. The van der Waals surface area contributed by atoms with E-state index in [1.807, 2.05) is 0 Å². The highest BCUT2D eigenvalue weighted by atomic mass is 16.4. The summed E-state index contributed by atoms with van der Waals surface area (Å²) in [4.78, 5) is 48.8. The molecule has 9 nitrogen and oxygen atoms in total. The van der Waals surface area contributed by atoms with Crippen molar-refractivity contribution in [2.24, 2.45) is 0 Å². The Kier molecular flexibility index (Phi) is 8.27. The van der Waals surface area contributed by atoms with Crippen LogP contribution in [0.3, 0.4) is 0 Å². The second kappa shape index (κ2) is 12.0. The van der Waals surface area contributed by atoms with Gasteiger partial charge in [-0.1, -0.05) is 18.4 Å². The number of phenolic OH excluding ortho intramolecular Hbond substituents is 1. The van der Waals surface area contributed by atoms with Crippen molar-refractivity contribution in [2.45, 2.75) is 25.7 Å². The zero-order chi connectivity index (χ0) is 27.9. The number of fused-ring (bicyclic) bond motifs is 2. The van der Waals surface area contributed by atoms with Crippen molar-refractivity contribution in [2.75, 3.05) is 13.1 Å². The average Bonchev–Trinajstić information content (AvgIpc) is 2.91. The highest BCUT2D eigenvalue weighted by Gasteiger charge is 2.23. The standard InChI is InChI=1S/C30H26N2O7/c1-2-13-31-27(35)6-4-3-5-14-32-29(36)24-15-18(30(37)38)7-10-21(24)28-22-11-8-19(33)16-25(22)39-26-17-20(34)9-12-23(26)28/h1,7-12,15-17,33H,3-6,13-14H2,(H,31,35)(H,32,36)(H,37,38). The van der Waals surface area contributed by atoms with E-state index < -0.39 is 11.9 Å². The number of carbonyl (C=O) groups excluding carboxylic acids is 2. The SMILES string of the molecule is C#CCNC(=O)CCCCCNC(=O)c1cc(C(=O)O)ccc1-c1c2ccc(=O)cc-2oc2cc(O)ccc12. The number of unbranched alkanes of at least 4 members (excludes halogenated alkanes) is 2. The Morgan fingerprint density at radius 3 is 2.49 bits per heavy atom. The number of amides is 2. The largest absolute Gasteiger partial charge is 0.508 e. The van der Waals surface area contributed by atoms with Crippen LogP contribution in [0, 0.1) is 12.3 Å². The first kappa shape index (κ1) is 26.9. The summed E-state index contributed by atoms with van der Waals surface area (Å²) in [6, 6.07) is 13.1. The van der Waals surface area contributed by atoms with Crippen LogP contribution >= 0.6 is 0 Å². The number of phenols is 1. The smallest absolute Gasteiger partial charge is 0.335 e. The summed E-state index contributed by atoms with van der Waals surface area (Å²) >= 11 is 0. The molecule has 2 aromatic carbocycles. The van der Waals surface area contributed by atoms with Gasteiger partial charge in [-0.3, -0.25) is 14.4 Å². The van der Waals surface area contributed by atoms with Crippen LogP contribution in [0.15, 0.2) is 63.8 Å². The Morgan fingerprint density at radius 1 is 0.923 bits per heavy atom. The molecule has 4 rings (SSSR count). The molecule has 0 bridgehead atoms. The molecule has 4 N–H and O–H groups in total. The van der Waals surface area contributed by atoms with Crippen LogP contribution in [0.1, 0.15) is 46.4 Å². The van der Waals surface area contributed by atoms with Gasteiger partial charge in [0.15, 0.2) is 5.43 Å². The van der Waals surface area contributed by atoms with Gasteiger partial charge in [-0.15, -0.1) is 6.42 Å². The van der Waals surface area contributed by atoms with Gasteiger partial charge in [0, 0.05) is 47.2 Å². The van der Waals surface area contributed by atoms with Gasteiger partial charge in [-0.2, -0.15) is 0 Å². The average molecular weight is 527 g/mol. The second-order valence-electron chi connectivity index (χ2n) is 8.93. The first-order chi connectivity index (χ1) is 18.8. The van der Waals surface area contributed by atoms with Crippen molar-refractivity contribution >= 4 is 28.8 Å². The third-order valence-corrected chi connectivity index (χ3v) is 6.21. The molecule has 0 saturated carbocycles. The van der Waals surface area contributed by atoms with Crippen LogP contribution < -0.4 is 16.1 Å². The van der Waals surface area contributed by atoms with Crippen LogP contribution in [0.5, 0.6) is 5.75 Å². The number of nitrogens with one attached hydrogen (secondary N) is 2. The van der Waals surface area contributed by atoms with Gasteiger partial charge < -0.3 is 25.3 Å². The Bertz CT molecular complexity index is 1630. The molecule has 0 saturated heterocycles. The minimum atomic E-state index is -1.18. The molecule has 0 atom stereocenters. The van der Waals surface area contributed by atoms with E-state index in [9.17, 15) is 29.4 Å². The Balaban J connectivity index is 1.65. The molecule has 0 unspecified atom stereocenters. The number of terminal acetylenes is 1. The lowest BCUT2D eigenvalue weighted by molar-refractivity contribution is -0.120. The summed E-state index contributed by atoms with van der Waals surface area (Å²) in [5.74, 6) is 0.783. The number of hydrogen-bond acceptors (Lipinski definition) is 6. The third kappa shape index (κ3) is 6.25. The predicted molar refractivity (Wildman–Crippen MR) is 146 cm³/mol. The molecule has 0 spiro atoms. The van der Waals surface area contributed by atoms with Gasteiger partial charge in [0.2, 0.25) is 5.91 Å². The first-order valence-electron chi connectivity index (χ1n) is 12.3. The number of aromatic hydroxyl groups is 1. The molecule has 2 aliphatic rings. The van der Waals surface area contributed by atoms with E-state index >= 15 is 0 Å². The molecular weight excluding hydrogens is 500 g/mol. The van der Waals surface area contributed by atoms with Crippen LogP contribution in [-0.2, 0) is 4.79 Å². The molecule has 0 radical (unpaired) electrons. The molecule has 0 aromatic heterocycles. The molecule has 198 valence electrons. The second-order valence-corrected chi connectivity index (χ2v) is 8.93. The van der Waals surface area contributed by atoms with Crippen molar-refractivity contribution in [3.05, 3.63) is 75.9 Å². The number of aromatic carboxylic acids is 1. The van der Waals surface area contributed by atoms with Crippen molar-refractivity contribution < 1.29 is 29.0 Å². The molecule has 2 aromatic rings. The Labute approximate surface area is 223 Å². The number of rotatable bonds is 10. The fourth-order valence-corrected chi connectivity index (χ4v) is 4.35. The quantitative estimate of drug-likeness (QED) is 0.139. The zero-order valence-electron chi connectivity index (χ0n) is 21.0. The van der Waals surface area contributed by atoms with Crippen molar-refractivity contribution in [3.8, 4) is 40.5 Å². The number of hydrogen-bond donors (Lipinski definition) is 4. The lowest BCUT2D eigenvalue weighted by Crippen LogP contribution is -2.26. The van der Waals surface area contributed by atoms with Gasteiger partial charge in [0.1, 0.15) is 17.1 Å². The summed E-state index contributed by atoms with van der Waals surface area (Å²) in [6.45, 7) is 0.506. The lowest BCUT2D eigenvalue weighted by atomic mass is 9.89. The molecule has 9 heteroatoms. The maximum Gasteiger partial charge on any atom is 0.335 e. The number of carboxylic acid groups (broad SMARTS) is 1. The zero-order valence-corrected chi connectivity index (χ0v) is 21.0. The minimum absolute atomic E-state index is 0.0393. The highest BCUT2D eigenvalue weighted by Crippen LogP contribution is 2.42. The summed E-state index contributed by atoms with van der Waals surface area (Å²) < 4.78 is 5.88. The van der Waals surface area contributed by atoms with Gasteiger partial charge in [-0.25, -0.2) is 4.79 Å². The van der Waals surface area contributed by atoms with E-state index in [-0.39, 0.29) is 40.5 Å². The van der Waals surface area contributed by atoms with E-state index in [1.165, 1.54) is 36.4 Å². The first-order valence-corrected chi connectivity index (χ1v) is 12.3. The van der Waals surface area contributed by atoms with Gasteiger partial charge >= 0.3 is 5.97 Å². The van der Waals surface area contributed by atoms with E-state index in [2.05, 4.69) is 16.6 Å². The third-order valence-electron chi connectivity index (χ3n) is 6.21. The summed E-state index contributed by atoms with van der Waals surface area (Å²) in [5.41, 5.74) is 1.65. The fourth-order valence-electron chi connectivity index (χ4n) is 4.35. The number of benzene rings is 3. The topological polar surface area (TPSA) is 146 Å². The van der Waals surface area contributed by atoms with Gasteiger partial charge in [0.25, 0.3) is 5.91 Å². The van der Waals surface area contributed by atoms with Gasteiger partial charge in [-0.05, 0) is 54.8 Å². The fraction of sp³-hybridized carbons (Fsp3) is 0.200. The molecule has 2 amide bonds. The summed E-state index contributed by atoms with van der Waals surface area (Å²) in [5, 5.41) is 25.6. The molecular formula is C30H26N2O7. The molecule has 39 heavy (non-hydrogen) atoms. The molecule has 1 aliphatic heterocycles. The van der Waals surface area contributed by atoms with E-state index in [0.717, 1.165) is 0 Å². The van der Waals surface area contributed by atoms with Crippen LogP contribution in [0.2, 0.25) is 0 Å². The molecule has 1 heterocycles. The predicted octanol–water partition coefficient (Wildman–Crippen LogP) is 4.01. The molecule has 1 aliphatic carbocycles. The molecule has 0 fully saturated rings. The maximum atomic E-state index is 13.4. The number of carbonyl (C=O) groups is 3. The Hall–Kier alpha value is -5.10. The summed E-state index contributed by atoms with van der Waals surface area (Å²) in [6.07, 6.45) is 7.40. The Morgan fingerprint density at radius 2 is 1.72 bits per heavy atom. The lowest BCUT2D eigenvalue weighted by Gasteiger charge is -2.18. The van der Waals surface area contributed by atoms with Crippen LogP contribution in [-0.4, -0.2) is 41.1 Å². The monoisotopic (exact) mass is 526 g/mol. The maximum absolute atomic E-state index is 13.4. The van der Waals surface area contributed by atoms with E-state index in [0.29, 0.717) is 59.9 Å².